The average molecular weight is 205 g/mol. The van der Waals surface area contributed by atoms with Crippen LogP contribution >= 0.6 is 0 Å². The molecular weight excluding hydrogens is 194 g/mol. The molecule has 1 rings (SSSR count). The first-order chi connectivity index (χ1) is 7.15. The van der Waals surface area contributed by atoms with Crippen LogP contribution in [-0.4, -0.2) is 17.3 Å². The summed E-state index contributed by atoms with van der Waals surface area (Å²) in [5, 5.41) is 9.56. The van der Waals surface area contributed by atoms with E-state index in [9.17, 15) is 14.7 Å². The zero-order valence-electron chi connectivity index (χ0n) is 8.01. The van der Waals surface area contributed by atoms with Crippen molar-refractivity contribution in [1.29, 1.82) is 0 Å². The number of phenols is 1. The summed E-state index contributed by atoms with van der Waals surface area (Å²) in [6.07, 6.45) is 3.75. The predicted molar refractivity (Wildman–Crippen MR) is 56.3 cm³/mol. The van der Waals surface area contributed by atoms with Crippen LogP contribution in [0.25, 0.3) is 6.08 Å². The molecule has 0 spiro atoms. The van der Waals surface area contributed by atoms with Crippen molar-refractivity contribution in [3.8, 4) is 5.75 Å². The van der Waals surface area contributed by atoms with E-state index in [0.29, 0.717) is 11.8 Å². The number of primary amides is 1. The predicted octanol–water partition coefficient (Wildman–Crippen LogP) is 1.09. The number of phenolic OH excluding ortho intramolecular Hbond substituents is 1. The van der Waals surface area contributed by atoms with E-state index in [1.54, 1.807) is 18.2 Å². The first kappa shape index (κ1) is 11.0. The average Bonchev–Trinajstić information content (AvgIpc) is 2.20. The van der Waals surface area contributed by atoms with Crippen molar-refractivity contribution < 1.29 is 14.7 Å². The quantitative estimate of drug-likeness (QED) is 0.722. The largest absolute Gasteiger partial charge is 0.507 e. The van der Waals surface area contributed by atoms with Gasteiger partial charge in [0.05, 0.1) is 5.56 Å². The Kier molecular flexibility index (Phi) is 3.62. The third-order valence-corrected chi connectivity index (χ3v) is 1.84. The number of rotatable bonds is 4. The molecule has 4 nitrogen and oxygen atoms in total. The number of nitrogens with two attached hydrogens (primary N) is 1. The van der Waals surface area contributed by atoms with Crippen LogP contribution in [-0.2, 0) is 4.79 Å². The maximum Gasteiger partial charge on any atom is 0.221 e. The number of para-hydroxylation sites is 1. The highest BCUT2D eigenvalue weighted by Crippen LogP contribution is 2.22. The molecule has 0 fully saturated rings. The lowest BCUT2D eigenvalue weighted by molar-refractivity contribution is -0.117. The van der Waals surface area contributed by atoms with Crippen LogP contribution in [0, 0.1) is 0 Å². The molecule has 3 N–H and O–H groups in total. The van der Waals surface area contributed by atoms with Gasteiger partial charge in [-0.2, -0.15) is 0 Å². The first-order valence-corrected chi connectivity index (χ1v) is 4.37. The topological polar surface area (TPSA) is 80.4 Å². The van der Waals surface area contributed by atoms with Gasteiger partial charge in [-0.3, -0.25) is 9.59 Å². The van der Waals surface area contributed by atoms with E-state index in [-0.39, 0.29) is 17.7 Å². The summed E-state index contributed by atoms with van der Waals surface area (Å²) in [6.45, 7) is 0. The number of hydrogen-bond acceptors (Lipinski definition) is 3. The zero-order valence-corrected chi connectivity index (χ0v) is 8.01. The summed E-state index contributed by atoms with van der Waals surface area (Å²) in [5.74, 6) is -0.537. The van der Waals surface area contributed by atoms with Crippen molar-refractivity contribution >= 4 is 18.3 Å². The summed E-state index contributed by atoms with van der Waals surface area (Å²) in [4.78, 5) is 21.0. The maximum atomic E-state index is 10.5. The Morgan fingerprint density at radius 1 is 1.40 bits per heavy atom. The Morgan fingerprint density at radius 2 is 2.07 bits per heavy atom. The highest BCUT2D eigenvalue weighted by molar-refractivity contribution is 5.82. The molecule has 1 aromatic rings. The van der Waals surface area contributed by atoms with E-state index in [1.807, 2.05) is 0 Å². The number of carbonyl (C=O) groups is 2. The number of hydrogen-bond donors (Lipinski definition) is 2. The summed E-state index contributed by atoms with van der Waals surface area (Å²) >= 11 is 0. The van der Waals surface area contributed by atoms with E-state index < -0.39 is 5.91 Å². The fraction of sp³-hybridized carbons (Fsp3) is 0.0909. The highest BCUT2D eigenvalue weighted by atomic mass is 16.3. The molecule has 0 aliphatic carbocycles. The Balaban J connectivity index is 2.90. The van der Waals surface area contributed by atoms with E-state index >= 15 is 0 Å². The van der Waals surface area contributed by atoms with Crippen LogP contribution in [0.3, 0.4) is 0 Å². The van der Waals surface area contributed by atoms with Gasteiger partial charge in [0.1, 0.15) is 5.75 Å². The van der Waals surface area contributed by atoms with Gasteiger partial charge >= 0.3 is 0 Å². The molecule has 0 radical (unpaired) electrons. The minimum atomic E-state index is -0.447. The molecule has 0 atom stereocenters. The lowest BCUT2D eigenvalue weighted by Crippen LogP contribution is -2.07. The Labute approximate surface area is 87.0 Å². The number of aldehydes is 1. The molecule has 1 amide bonds. The molecule has 4 heteroatoms. The van der Waals surface area contributed by atoms with E-state index in [0.717, 1.165) is 0 Å². The van der Waals surface area contributed by atoms with Crippen LogP contribution in [0.15, 0.2) is 24.3 Å². The highest BCUT2D eigenvalue weighted by Gasteiger charge is 2.02. The van der Waals surface area contributed by atoms with Crippen molar-refractivity contribution in [3.63, 3.8) is 0 Å². The molecule has 0 aliphatic heterocycles. The number of aromatic hydroxyl groups is 1. The van der Waals surface area contributed by atoms with Gasteiger partial charge in [-0.05, 0) is 6.07 Å². The first-order valence-electron chi connectivity index (χ1n) is 4.37. The summed E-state index contributed by atoms with van der Waals surface area (Å²) in [5.41, 5.74) is 5.65. The van der Waals surface area contributed by atoms with Crippen LogP contribution in [0.1, 0.15) is 22.3 Å². The Hall–Kier alpha value is -2.10. The van der Waals surface area contributed by atoms with Gasteiger partial charge in [-0.1, -0.05) is 24.3 Å². The minimum Gasteiger partial charge on any atom is -0.507 e. The van der Waals surface area contributed by atoms with Gasteiger partial charge in [0, 0.05) is 12.0 Å². The molecular formula is C11H11NO3. The summed E-state index contributed by atoms with van der Waals surface area (Å²) in [7, 11) is 0. The lowest BCUT2D eigenvalue weighted by Gasteiger charge is -2.00. The normalized spacial score (nSPS) is 10.4. The van der Waals surface area contributed by atoms with Crippen LogP contribution in [0.4, 0.5) is 0 Å². The van der Waals surface area contributed by atoms with Gasteiger partial charge in [-0.25, -0.2) is 0 Å². The Bertz CT molecular complexity index is 410. The lowest BCUT2D eigenvalue weighted by atomic mass is 10.1. The third kappa shape index (κ3) is 2.95. The van der Waals surface area contributed by atoms with Crippen LogP contribution in [0.5, 0.6) is 5.75 Å². The molecule has 78 valence electrons. The fourth-order valence-corrected chi connectivity index (χ4v) is 1.11. The smallest absolute Gasteiger partial charge is 0.221 e. The fourth-order valence-electron chi connectivity index (χ4n) is 1.11. The molecule has 0 aromatic heterocycles. The number of carbonyl (C=O) groups excluding carboxylic acids is 2. The number of benzene rings is 1. The van der Waals surface area contributed by atoms with Gasteiger partial charge in [-0.15, -0.1) is 0 Å². The van der Waals surface area contributed by atoms with Crippen molar-refractivity contribution in [2.45, 2.75) is 6.42 Å². The molecule has 0 unspecified atom stereocenters. The van der Waals surface area contributed by atoms with Gasteiger partial charge in [0.25, 0.3) is 0 Å². The van der Waals surface area contributed by atoms with Crippen LogP contribution < -0.4 is 5.73 Å². The summed E-state index contributed by atoms with van der Waals surface area (Å²) in [6, 6.07) is 4.79. The van der Waals surface area contributed by atoms with Crippen molar-refractivity contribution in [1.82, 2.24) is 0 Å². The molecule has 0 saturated carbocycles. The van der Waals surface area contributed by atoms with E-state index in [1.165, 1.54) is 12.1 Å². The molecule has 1 aromatic carbocycles. The molecule has 0 saturated heterocycles. The van der Waals surface area contributed by atoms with Crippen molar-refractivity contribution in [2.24, 2.45) is 5.73 Å². The maximum absolute atomic E-state index is 10.5. The van der Waals surface area contributed by atoms with Gasteiger partial charge in [0.15, 0.2) is 6.29 Å². The Morgan fingerprint density at radius 3 is 2.67 bits per heavy atom. The molecule has 0 heterocycles. The van der Waals surface area contributed by atoms with Crippen LogP contribution in [0.2, 0.25) is 0 Å². The van der Waals surface area contributed by atoms with Gasteiger partial charge < -0.3 is 10.8 Å². The SMILES string of the molecule is NC(=O)CC=Cc1cccc(C=O)c1O. The third-order valence-electron chi connectivity index (χ3n) is 1.84. The molecule has 0 aliphatic rings. The second kappa shape index (κ2) is 4.95. The number of amides is 1. The van der Waals surface area contributed by atoms with E-state index in [4.69, 9.17) is 5.73 Å². The van der Waals surface area contributed by atoms with Crippen molar-refractivity contribution in [3.05, 3.63) is 35.4 Å². The minimum absolute atomic E-state index is 0.0896. The second-order valence-corrected chi connectivity index (χ2v) is 2.98. The molecule has 15 heavy (non-hydrogen) atoms. The summed E-state index contributed by atoms with van der Waals surface area (Å²) < 4.78 is 0. The monoisotopic (exact) mass is 205 g/mol. The van der Waals surface area contributed by atoms with Crippen molar-refractivity contribution in [2.75, 3.05) is 0 Å². The molecule has 0 bridgehead atoms. The standard InChI is InChI=1S/C11H11NO3/c12-10(14)6-2-4-8-3-1-5-9(7-13)11(8)15/h1-5,7,15H,6H2,(H2,12,14). The van der Waals surface area contributed by atoms with Gasteiger partial charge in [0.2, 0.25) is 5.91 Å². The second-order valence-electron chi connectivity index (χ2n) is 2.98. The zero-order chi connectivity index (χ0) is 11.3. The van der Waals surface area contributed by atoms with E-state index in [2.05, 4.69) is 0 Å².